The molecule has 1 amide bonds. The molecule has 3 aromatic heterocycles. The topological polar surface area (TPSA) is 59.8 Å². The standard InChI is InChI=1S/C17H18N4OS/c1-3-13(12-6-4-8-18-11-12)19-17(22)15-10-14(20-21(15)2)16-7-5-9-23-16/h4-11,13H,3H2,1-2H3,(H,19,22)/t13-/m0/s1. The van der Waals surface area contributed by atoms with Crippen molar-refractivity contribution in [1.82, 2.24) is 20.1 Å². The molecule has 3 rings (SSSR count). The van der Waals surface area contributed by atoms with Crippen molar-refractivity contribution in [3.63, 3.8) is 0 Å². The summed E-state index contributed by atoms with van der Waals surface area (Å²) in [5.74, 6) is -0.126. The Bertz CT molecular complexity index is 780. The minimum Gasteiger partial charge on any atom is -0.344 e. The van der Waals surface area contributed by atoms with Gasteiger partial charge in [-0.1, -0.05) is 19.1 Å². The van der Waals surface area contributed by atoms with E-state index in [1.165, 1.54) is 0 Å². The number of hydrogen-bond acceptors (Lipinski definition) is 4. The molecule has 0 radical (unpaired) electrons. The van der Waals surface area contributed by atoms with Crippen LogP contribution in [0.25, 0.3) is 10.6 Å². The van der Waals surface area contributed by atoms with Crippen LogP contribution in [0.2, 0.25) is 0 Å². The zero-order valence-corrected chi connectivity index (χ0v) is 13.9. The number of pyridine rings is 1. The summed E-state index contributed by atoms with van der Waals surface area (Å²) >= 11 is 1.61. The molecule has 0 aromatic carbocycles. The van der Waals surface area contributed by atoms with E-state index in [4.69, 9.17) is 0 Å². The number of nitrogens with zero attached hydrogens (tertiary/aromatic N) is 3. The lowest BCUT2D eigenvalue weighted by molar-refractivity contribution is 0.0926. The summed E-state index contributed by atoms with van der Waals surface area (Å²) in [4.78, 5) is 17.8. The molecule has 1 atom stereocenters. The first-order valence-electron chi connectivity index (χ1n) is 7.47. The van der Waals surface area contributed by atoms with Gasteiger partial charge in [0, 0.05) is 19.4 Å². The second-order valence-electron chi connectivity index (χ2n) is 5.24. The van der Waals surface area contributed by atoms with E-state index in [2.05, 4.69) is 15.4 Å². The molecule has 3 heterocycles. The van der Waals surface area contributed by atoms with Crippen LogP contribution in [-0.4, -0.2) is 20.7 Å². The molecule has 6 heteroatoms. The van der Waals surface area contributed by atoms with E-state index >= 15 is 0 Å². The van der Waals surface area contributed by atoms with E-state index in [-0.39, 0.29) is 11.9 Å². The van der Waals surface area contributed by atoms with E-state index in [1.54, 1.807) is 35.5 Å². The number of rotatable bonds is 5. The van der Waals surface area contributed by atoms with Crippen LogP contribution in [0.3, 0.4) is 0 Å². The van der Waals surface area contributed by atoms with Crippen LogP contribution in [-0.2, 0) is 7.05 Å². The maximum absolute atomic E-state index is 12.6. The summed E-state index contributed by atoms with van der Waals surface area (Å²) in [7, 11) is 1.79. The zero-order valence-electron chi connectivity index (χ0n) is 13.1. The third-order valence-corrected chi connectivity index (χ3v) is 4.58. The quantitative estimate of drug-likeness (QED) is 0.781. The predicted molar refractivity (Wildman–Crippen MR) is 91.3 cm³/mol. The van der Waals surface area contributed by atoms with Gasteiger partial charge in [-0.15, -0.1) is 11.3 Å². The van der Waals surface area contributed by atoms with Crippen LogP contribution < -0.4 is 5.32 Å². The fourth-order valence-electron chi connectivity index (χ4n) is 2.46. The SMILES string of the molecule is CC[C@H](NC(=O)c1cc(-c2cccs2)nn1C)c1cccnc1. The van der Waals surface area contributed by atoms with Crippen molar-refractivity contribution < 1.29 is 4.79 Å². The van der Waals surface area contributed by atoms with Gasteiger partial charge >= 0.3 is 0 Å². The Labute approximate surface area is 139 Å². The van der Waals surface area contributed by atoms with E-state index in [1.807, 2.05) is 42.6 Å². The van der Waals surface area contributed by atoms with Gasteiger partial charge in [0.25, 0.3) is 5.91 Å². The highest BCUT2D eigenvalue weighted by atomic mass is 32.1. The second kappa shape index (κ2) is 6.75. The van der Waals surface area contributed by atoms with Crippen LogP contribution in [0.5, 0.6) is 0 Å². The smallest absolute Gasteiger partial charge is 0.270 e. The Morgan fingerprint density at radius 1 is 1.39 bits per heavy atom. The van der Waals surface area contributed by atoms with Gasteiger partial charge in [0.1, 0.15) is 11.4 Å². The Hall–Kier alpha value is -2.47. The average molecular weight is 326 g/mol. The normalized spacial score (nSPS) is 12.1. The summed E-state index contributed by atoms with van der Waals surface area (Å²) in [6.45, 7) is 2.04. The van der Waals surface area contributed by atoms with Gasteiger partial charge in [-0.2, -0.15) is 5.10 Å². The van der Waals surface area contributed by atoms with Crippen LogP contribution in [0.1, 0.15) is 35.4 Å². The first-order chi connectivity index (χ1) is 11.2. The summed E-state index contributed by atoms with van der Waals surface area (Å²) in [6, 6.07) is 9.60. The zero-order chi connectivity index (χ0) is 16.2. The van der Waals surface area contributed by atoms with E-state index in [0.717, 1.165) is 22.6 Å². The highest BCUT2D eigenvalue weighted by Gasteiger charge is 2.18. The number of carbonyl (C=O) groups excluding carboxylic acids is 1. The van der Waals surface area contributed by atoms with Gasteiger partial charge in [-0.05, 0) is 35.6 Å². The summed E-state index contributed by atoms with van der Waals surface area (Å²) in [5, 5.41) is 9.50. The van der Waals surface area contributed by atoms with E-state index < -0.39 is 0 Å². The lowest BCUT2D eigenvalue weighted by Crippen LogP contribution is -2.29. The molecule has 5 nitrogen and oxygen atoms in total. The molecule has 3 aromatic rings. The molecular weight excluding hydrogens is 308 g/mol. The molecule has 0 aliphatic heterocycles. The Morgan fingerprint density at radius 3 is 2.91 bits per heavy atom. The van der Waals surface area contributed by atoms with Crippen LogP contribution in [0.15, 0.2) is 48.1 Å². The Kier molecular flexibility index (Phi) is 4.52. The number of aryl methyl sites for hydroxylation is 1. The Balaban J connectivity index is 1.80. The summed E-state index contributed by atoms with van der Waals surface area (Å²) in [5.41, 5.74) is 2.38. The molecule has 0 fully saturated rings. The number of amides is 1. The molecular formula is C17H18N4OS. The van der Waals surface area contributed by atoms with Crippen LogP contribution in [0.4, 0.5) is 0 Å². The van der Waals surface area contributed by atoms with E-state index in [0.29, 0.717) is 5.69 Å². The van der Waals surface area contributed by atoms with Crippen molar-refractivity contribution in [3.8, 4) is 10.6 Å². The molecule has 118 valence electrons. The number of nitrogens with one attached hydrogen (secondary N) is 1. The average Bonchev–Trinajstić information content (AvgIpc) is 3.22. The monoisotopic (exact) mass is 326 g/mol. The van der Waals surface area contributed by atoms with Crippen molar-refractivity contribution in [3.05, 3.63) is 59.4 Å². The molecule has 1 N–H and O–H groups in total. The molecule has 0 unspecified atom stereocenters. The van der Waals surface area contributed by atoms with E-state index in [9.17, 15) is 4.79 Å². The third-order valence-electron chi connectivity index (χ3n) is 3.69. The minimum absolute atomic E-state index is 0.0590. The lowest BCUT2D eigenvalue weighted by atomic mass is 10.1. The molecule has 0 aliphatic rings. The van der Waals surface area contributed by atoms with Gasteiger partial charge in [0.15, 0.2) is 0 Å². The molecule has 0 saturated carbocycles. The molecule has 0 bridgehead atoms. The molecule has 23 heavy (non-hydrogen) atoms. The highest BCUT2D eigenvalue weighted by molar-refractivity contribution is 7.13. The van der Waals surface area contributed by atoms with Crippen molar-refractivity contribution in [2.24, 2.45) is 7.05 Å². The maximum Gasteiger partial charge on any atom is 0.270 e. The fourth-order valence-corrected chi connectivity index (χ4v) is 3.14. The van der Waals surface area contributed by atoms with Crippen LogP contribution >= 0.6 is 11.3 Å². The third kappa shape index (κ3) is 3.32. The number of hydrogen-bond donors (Lipinski definition) is 1. The van der Waals surface area contributed by atoms with Crippen molar-refractivity contribution >= 4 is 17.2 Å². The van der Waals surface area contributed by atoms with Crippen LogP contribution in [0, 0.1) is 0 Å². The Morgan fingerprint density at radius 2 is 2.26 bits per heavy atom. The first-order valence-corrected chi connectivity index (χ1v) is 8.35. The van der Waals surface area contributed by atoms with Gasteiger partial charge in [-0.3, -0.25) is 14.5 Å². The van der Waals surface area contributed by atoms with Gasteiger partial charge < -0.3 is 5.32 Å². The molecule has 0 saturated heterocycles. The summed E-state index contributed by atoms with van der Waals surface area (Å²) in [6.07, 6.45) is 4.31. The van der Waals surface area contributed by atoms with Gasteiger partial charge in [-0.25, -0.2) is 0 Å². The van der Waals surface area contributed by atoms with Gasteiger partial charge in [0.2, 0.25) is 0 Å². The first kappa shape index (κ1) is 15.4. The van der Waals surface area contributed by atoms with Crippen molar-refractivity contribution in [2.75, 3.05) is 0 Å². The number of carbonyl (C=O) groups is 1. The minimum atomic E-state index is -0.126. The molecule has 0 aliphatic carbocycles. The second-order valence-corrected chi connectivity index (χ2v) is 6.18. The fraction of sp³-hybridized carbons (Fsp3) is 0.235. The predicted octanol–water partition coefficient (Wildman–Crippen LogP) is 3.42. The van der Waals surface area contributed by atoms with Crippen molar-refractivity contribution in [1.29, 1.82) is 0 Å². The summed E-state index contributed by atoms with van der Waals surface area (Å²) < 4.78 is 1.63. The number of aromatic nitrogens is 3. The molecule has 0 spiro atoms. The number of thiophene rings is 1. The lowest BCUT2D eigenvalue weighted by Gasteiger charge is -2.16. The maximum atomic E-state index is 12.6. The van der Waals surface area contributed by atoms with Crippen molar-refractivity contribution in [2.45, 2.75) is 19.4 Å². The van der Waals surface area contributed by atoms with Gasteiger partial charge in [0.05, 0.1) is 10.9 Å². The largest absolute Gasteiger partial charge is 0.344 e. The highest BCUT2D eigenvalue weighted by Crippen LogP contribution is 2.24.